The van der Waals surface area contributed by atoms with E-state index in [0.29, 0.717) is 0 Å². The lowest BCUT2D eigenvalue weighted by Crippen LogP contribution is -2.10. The van der Waals surface area contributed by atoms with Crippen molar-refractivity contribution in [3.63, 3.8) is 0 Å². The molecular weight excluding hydrogens is 254 g/mol. The van der Waals surface area contributed by atoms with E-state index in [-0.39, 0.29) is 0 Å². The second-order valence-electron chi connectivity index (χ2n) is 5.05. The first kappa shape index (κ1) is 15.1. The summed E-state index contributed by atoms with van der Waals surface area (Å²) in [5, 5.41) is 3.54. The van der Waals surface area contributed by atoms with Crippen LogP contribution in [-0.4, -0.2) is 0 Å². The van der Waals surface area contributed by atoms with Gasteiger partial charge in [-0.05, 0) is 38.3 Å². The van der Waals surface area contributed by atoms with Crippen LogP contribution in [0.1, 0.15) is 32.3 Å². The van der Waals surface area contributed by atoms with Gasteiger partial charge in [-0.1, -0.05) is 66.8 Å². The van der Waals surface area contributed by atoms with Gasteiger partial charge < -0.3 is 5.32 Å². The van der Waals surface area contributed by atoms with E-state index in [1.54, 1.807) is 0 Å². The smallest absolute Gasteiger partial charge is 0.0458 e. The topological polar surface area (TPSA) is 12.0 Å². The molecule has 1 heteroatoms. The largest absolute Gasteiger partial charge is 0.359 e. The third kappa shape index (κ3) is 4.64. The molecule has 0 bridgehead atoms. The van der Waals surface area contributed by atoms with Crippen LogP contribution in [0.25, 0.3) is 5.57 Å². The number of hydrogen-bond acceptors (Lipinski definition) is 1. The van der Waals surface area contributed by atoms with Gasteiger partial charge in [-0.2, -0.15) is 0 Å². The van der Waals surface area contributed by atoms with Gasteiger partial charge in [-0.25, -0.2) is 0 Å². The molecule has 1 aliphatic rings. The molecule has 1 aromatic rings. The summed E-state index contributed by atoms with van der Waals surface area (Å²) >= 11 is 0. The molecule has 2 rings (SSSR count). The van der Waals surface area contributed by atoms with Crippen LogP contribution < -0.4 is 5.32 Å². The van der Waals surface area contributed by atoms with Gasteiger partial charge in [-0.3, -0.25) is 0 Å². The molecule has 21 heavy (non-hydrogen) atoms. The minimum absolute atomic E-state index is 0.961. The van der Waals surface area contributed by atoms with Crippen LogP contribution in [0.5, 0.6) is 0 Å². The molecule has 108 valence electrons. The summed E-state index contributed by atoms with van der Waals surface area (Å²) in [4.78, 5) is 0. The fraction of sp³-hybridized carbons (Fsp3) is 0.200. The standard InChI is InChI=1S/C20H23N/c1-3-4-7-12-17(2)21-20-16-11-6-10-15-19(20)18-13-8-5-9-14-18/h3-5,8-16,21H,6-7H2,1-2H3/b4-3-,17-12+. The minimum Gasteiger partial charge on any atom is -0.359 e. The highest BCUT2D eigenvalue weighted by atomic mass is 14.9. The van der Waals surface area contributed by atoms with E-state index in [0.717, 1.165) is 18.5 Å². The van der Waals surface area contributed by atoms with Crippen LogP contribution in [0.15, 0.2) is 84.3 Å². The molecule has 1 aromatic carbocycles. The Balaban J connectivity index is 2.29. The van der Waals surface area contributed by atoms with Crippen molar-refractivity contribution in [3.8, 4) is 0 Å². The summed E-state index contributed by atoms with van der Waals surface area (Å²) in [5.41, 5.74) is 4.81. The van der Waals surface area contributed by atoms with Gasteiger partial charge in [-0.15, -0.1) is 0 Å². The molecule has 0 saturated carbocycles. The van der Waals surface area contributed by atoms with E-state index >= 15 is 0 Å². The van der Waals surface area contributed by atoms with Crippen molar-refractivity contribution in [2.75, 3.05) is 0 Å². The maximum atomic E-state index is 3.54. The van der Waals surface area contributed by atoms with Gasteiger partial charge in [0.1, 0.15) is 0 Å². The Hall–Kier alpha value is -2.28. The molecule has 0 spiro atoms. The zero-order valence-corrected chi connectivity index (χ0v) is 12.8. The molecule has 0 amide bonds. The predicted octanol–water partition coefficient (Wildman–Crippen LogP) is 5.37. The van der Waals surface area contributed by atoms with E-state index in [4.69, 9.17) is 0 Å². The highest BCUT2D eigenvalue weighted by molar-refractivity contribution is 5.78. The highest BCUT2D eigenvalue weighted by Gasteiger charge is 2.06. The molecule has 0 heterocycles. The van der Waals surface area contributed by atoms with Gasteiger partial charge in [0.2, 0.25) is 0 Å². The fourth-order valence-corrected chi connectivity index (χ4v) is 2.25. The van der Waals surface area contributed by atoms with Crippen molar-refractivity contribution in [3.05, 3.63) is 89.8 Å². The van der Waals surface area contributed by atoms with Crippen molar-refractivity contribution < 1.29 is 0 Å². The summed E-state index contributed by atoms with van der Waals surface area (Å²) in [6.45, 7) is 4.16. The Morgan fingerprint density at radius 2 is 1.90 bits per heavy atom. The Labute approximate surface area is 128 Å². The molecule has 0 atom stereocenters. The first-order valence-electron chi connectivity index (χ1n) is 7.49. The normalized spacial score (nSPS) is 15.6. The van der Waals surface area contributed by atoms with Gasteiger partial charge >= 0.3 is 0 Å². The second-order valence-corrected chi connectivity index (χ2v) is 5.05. The lowest BCUT2D eigenvalue weighted by Gasteiger charge is -2.12. The highest BCUT2D eigenvalue weighted by Crippen LogP contribution is 2.23. The van der Waals surface area contributed by atoms with E-state index in [1.807, 2.05) is 6.92 Å². The van der Waals surface area contributed by atoms with Gasteiger partial charge in [0.15, 0.2) is 0 Å². The summed E-state index contributed by atoms with van der Waals surface area (Å²) in [6, 6.07) is 10.5. The molecule has 0 fully saturated rings. The lowest BCUT2D eigenvalue weighted by atomic mass is 10.0. The quantitative estimate of drug-likeness (QED) is 0.713. The van der Waals surface area contributed by atoms with Gasteiger partial charge in [0.25, 0.3) is 0 Å². The maximum Gasteiger partial charge on any atom is 0.0458 e. The molecule has 0 aromatic heterocycles. The average Bonchev–Trinajstić information content (AvgIpc) is 2.74. The maximum absolute atomic E-state index is 3.54. The Bertz CT molecular complexity index is 598. The summed E-state index contributed by atoms with van der Waals surface area (Å²) in [7, 11) is 0. The molecule has 1 N–H and O–H groups in total. The SMILES string of the molecule is C/C=C\C/C=C(\C)NC1=C(c2ccccc2)C=CCC=C1. The molecule has 0 saturated heterocycles. The van der Waals surface area contributed by atoms with Crippen molar-refractivity contribution in [2.24, 2.45) is 0 Å². The van der Waals surface area contributed by atoms with Crippen LogP contribution in [0.3, 0.4) is 0 Å². The molecule has 0 radical (unpaired) electrons. The minimum atomic E-state index is 0.961. The summed E-state index contributed by atoms with van der Waals surface area (Å²) in [5.74, 6) is 0. The third-order valence-electron chi connectivity index (χ3n) is 3.34. The zero-order valence-electron chi connectivity index (χ0n) is 12.8. The lowest BCUT2D eigenvalue weighted by molar-refractivity contribution is 0.992. The molecule has 0 unspecified atom stereocenters. The second kappa shape index (κ2) is 8.11. The Morgan fingerprint density at radius 1 is 1.14 bits per heavy atom. The van der Waals surface area contributed by atoms with Gasteiger partial charge in [0.05, 0.1) is 0 Å². The van der Waals surface area contributed by atoms with Crippen molar-refractivity contribution >= 4 is 5.57 Å². The molecular formula is C20H23N. The zero-order chi connectivity index (χ0) is 14.9. The van der Waals surface area contributed by atoms with E-state index in [1.165, 1.54) is 16.8 Å². The summed E-state index contributed by atoms with van der Waals surface area (Å²) in [6.07, 6.45) is 17.1. The van der Waals surface area contributed by atoms with E-state index in [2.05, 4.69) is 85.1 Å². The van der Waals surface area contributed by atoms with Crippen LogP contribution in [0.2, 0.25) is 0 Å². The number of nitrogens with one attached hydrogen (secondary N) is 1. The number of hydrogen-bond donors (Lipinski definition) is 1. The average molecular weight is 277 g/mol. The van der Waals surface area contributed by atoms with E-state index in [9.17, 15) is 0 Å². The molecule has 1 nitrogen and oxygen atoms in total. The van der Waals surface area contributed by atoms with Crippen molar-refractivity contribution in [1.82, 2.24) is 5.32 Å². The van der Waals surface area contributed by atoms with Crippen LogP contribution in [0.4, 0.5) is 0 Å². The molecule has 1 aliphatic carbocycles. The van der Waals surface area contributed by atoms with Crippen LogP contribution in [-0.2, 0) is 0 Å². The van der Waals surface area contributed by atoms with Crippen LogP contribution >= 0.6 is 0 Å². The first-order chi connectivity index (χ1) is 10.3. The Morgan fingerprint density at radius 3 is 2.67 bits per heavy atom. The fourth-order valence-electron chi connectivity index (χ4n) is 2.25. The monoisotopic (exact) mass is 277 g/mol. The van der Waals surface area contributed by atoms with E-state index < -0.39 is 0 Å². The van der Waals surface area contributed by atoms with Crippen molar-refractivity contribution in [1.29, 1.82) is 0 Å². The Kier molecular flexibility index (Phi) is 5.83. The number of allylic oxidation sites excluding steroid dienone is 9. The van der Waals surface area contributed by atoms with Crippen molar-refractivity contribution in [2.45, 2.75) is 26.7 Å². The van der Waals surface area contributed by atoms with Crippen LogP contribution in [0, 0.1) is 0 Å². The summed E-state index contributed by atoms with van der Waals surface area (Å²) < 4.78 is 0. The number of benzene rings is 1. The predicted molar refractivity (Wildman–Crippen MR) is 92.6 cm³/mol. The first-order valence-corrected chi connectivity index (χ1v) is 7.49. The third-order valence-corrected chi connectivity index (χ3v) is 3.34. The van der Waals surface area contributed by atoms with Gasteiger partial charge in [0, 0.05) is 17.0 Å². The molecule has 0 aliphatic heterocycles. The number of rotatable bonds is 5.